The first-order valence-electron chi connectivity index (χ1n) is 6.23. The molecule has 1 aromatic carbocycles. The summed E-state index contributed by atoms with van der Waals surface area (Å²) >= 11 is 1.63. The molecule has 0 saturated carbocycles. The summed E-state index contributed by atoms with van der Waals surface area (Å²) in [5.41, 5.74) is 5.49. The van der Waals surface area contributed by atoms with Crippen LogP contribution < -0.4 is 5.73 Å². The van der Waals surface area contributed by atoms with Crippen LogP contribution in [0.1, 0.15) is 27.2 Å². The number of benzene rings is 1. The Labute approximate surface area is 114 Å². The zero-order chi connectivity index (χ0) is 13.6. The molecule has 0 amide bonds. The van der Waals surface area contributed by atoms with Crippen LogP contribution >= 0.6 is 11.8 Å². The zero-order valence-corrected chi connectivity index (χ0v) is 12.2. The Morgan fingerprint density at radius 3 is 2.67 bits per heavy atom. The van der Waals surface area contributed by atoms with Gasteiger partial charge in [0.1, 0.15) is 5.75 Å². The topological polar surface area (TPSA) is 55.5 Å². The molecular weight excluding hydrogens is 246 g/mol. The summed E-state index contributed by atoms with van der Waals surface area (Å²) in [6.07, 6.45) is 1.05. The summed E-state index contributed by atoms with van der Waals surface area (Å²) in [5, 5.41) is 9.76. The van der Waals surface area contributed by atoms with Gasteiger partial charge in [-0.15, -0.1) is 11.8 Å². The van der Waals surface area contributed by atoms with Gasteiger partial charge in [-0.3, -0.25) is 0 Å². The van der Waals surface area contributed by atoms with E-state index in [0.29, 0.717) is 18.9 Å². The van der Waals surface area contributed by atoms with Crippen molar-refractivity contribution >= 4 is 11.8 Å². The fraction of sp³-hybridized carbons (Fsp3) is 0.571. The number of hydrogen-bond donors (Lipinski definition) is 2. The molecule has 0 spiro atoms. The van der Waals surface area contributed by atoms with E-state index in [1.54, 1.807) is 17.8 Å². The molecule has 0 aliphatic carbocycles. The summed E-state index contributed by atoms with van der Waals surface area (Å²) in [4.78, 5) is 0.887. The van der Waals surface area contributed by atoms with Crippen LogP contribution in [0.4, 0.5) is 0 Å². The molecule has 1 unspecified atom stereocenters. The third kappa shape index (κ3) is 5.29. The number of aromatic hydroxyl groups is 1. The second-order valence-electron chi connectivity index (χ2n) is 5.03. The molecule has 0 aliphatic heterocycles. The second-order valence-corrected chi connectivity index (χ2v) is 6.78. The number of thioether (sulfide) groups is 1. The summed E-state index contributed by atoms with van der Waals surface area (Å²) in [5.74, 6) is 0.325. The lowest BCUT2D eigenvalue weighted by atomic mass is 10.2. The molecule has 1 atom stereocenters. The van der Waals surface area contributed by atoms with E-state index < -0.39 is 0 Å². The Hall–Kier alpha value is -0.710. The van der Waals surface area contributed by atoms with Gasteiger partial charge in [0.05, 0.1) is 12.7 Å². The molecule has 0 radical (unpaired) electrons. The third-order valence-corrected chi connectivity index (χ3v) is 3.78. The van der Waals surface area contributed by atoms with Gasteiger partial charge in [0.25, 0.3) is 0 Å². The van der Waals surface area contributed by atoms with Crippen LogP contribution in [0, 0.1) is 0 Å². The molecule has 102 valence electrons. The van der Waals surface area contributed by atoms with E-state index in [-0.39, 0.29) is 10.9 Å². The van der Waals surface area contributed by atoms with E-state index in [1.165, 1.54) is 0 Å². The van der Waals surface area contributed by atoms with Crippen LogP contribution in [-0.4, -0.2) is 29.1 Å². The molecule has 1 aromatic rings. The maximum absolute atomic E-state index is 9.76. The largest absolute Gasteiger partial charge is 0.507 e. The Bertz CT molecular complexity index is 369. The van der Waals surface area contributed by atoms with Crippen molar-refractivity contribution < 1.29 is 9.84 Å². The SMILES string of the molecule is CC(CCN)OCC(C)(C)Sc1ccccc1O. The highest BCUT2D eigenvalue weighted by Crippen LogP contribution is 2.37. The van der Waals surface area contributed by atoms with Gasteiger partial charge in [0, 0.05) is 9.64 Å². The molecule has 3 nitrogen and oxygen atoms in total. The normalized spacial score (nSPS) is 13.6. The van der Waals surface area contributed by atoms with E-state index in [9.17, 15) is 5.11 Å². The smallest absolute Gasteiger partial charge is 0.129 e. The highest BCUT2D eigenvalue weighted by molar-refractivity contribution is 8.00. The van der Waals surface area contributed by atoms with Crippen LogP contribution in [0.15, 0.2) is 29.2 Å². The van der Waals surface area contributed by atoms with Crippen LogP contribution in [0.25, 0.3) is 0 Å². The van der Waals surface area contributed by atoms with Gasteiger partial charge in [-0.25, -0.2) is 0 Å². The Balaban J connectivity index is 2.51. The fourth-order valence-corrected chi connectivity index (χ4v) is 2.57. The van der Waals surface area contributed by atoms with Gasteiger partial charge in [-0.1, -0.05) is 12.1 Å². The number of phenolic OH excluding ortho intramolecular Hbond substituents is 1. The fourth-order valence-electron chi connectivity index (χ4n) is 1.53. The molecule has 3 N–H and O–H groups in total. The molecule has 1 rings (SSSR count). The van der Waals surface area contributed by atoms with Gasteiger partial charge in [-0.2, -0.15) is 0 Å². The zero-order valence-electron chi connectivity index (χ0n) is 11.3. The van der Waals surface area contributed by atoms with Gasteiger partial charge >= 0.3 is 0 Å². The maximum atomic E-state index is 9.76. The molecule has 0 saturated heterocycles. The van der Waals surface area contributed by atoms with E-state index in [0.717, 1.165) is 11.3 Å². The summed E-state index contributed by atoms with van der Waals surface area (Å²) in [6.45, 7) is 7.54. The Morgan fingerprint density at radius 1 is 1.39 bits per heavy atom. The van der Waals surface area contributed by atoms with Crippen LogP contribution in [0.5, 0.6) is 5.75 Å². The number of nitrogens with two attached hydrogens (primary N) is 1. The minimum Gasteiger partial charge on any atom is -0.507 e. The number of ether oxygens (including phenoxy) is 1. The first kappa shape index (κ1) is 15.3. The van der Waals surface area contributed by atoms with Gasteiger partial charge in [-0.05, 0) is 45.9 Å². The van der Waals surface area contributed by atoms with Gasteiger partial charge in [0.15, 0.2) is 0 Å². The van der Waals surface area contributed by atoms with E-state index in [2.05, 4.69) is 13.8 Å². The predicted molar refractivity (Wildman–Crippen MR) is 77.1 cm³/mol. The van der Waals surface area contributed by atoms with E-state index >= 15 is 0 Å². The lowest BCUT2D eigenvalue weighted by Crippen LogP contribution is -2.26. The maximum Gasteiger partial charge on any atom is 0.129 e. The van der Waals surface area contributed by atoms with Crippen molar-refractivity contribution in [1.82, 2.24) is 0 Å². The van der Waals surface area contributed by atoms with Crippen LogP contribution in [-0.2, 0) is 4.74 Å². The highest BCUT2D eigenvalue weighted by Gasteiger charge is 2.22. The average Bonchev–Trinajstić information content (AvgIpc) is 2.30. The summed E-state index contributed by atoms with van der Waals surface area (Å²) in [7, 11) is 0. The van der Waals surface area contributed by atoms with Gasteiger partial charge in [0.2, 0.25) is 0 Å². The first-order valence-corrected chi connectivity index (χ1v) is 7.05. The first-order chi connectivity index (χ1) is 8.44. The van der Waals surface area contributed by atoms with Crippen molar-refractivity contribution in [3.05, 3.63) is 24.3 Å². The van der Waals surface area contributed by atoms with Crippen molar-refractivity contribution in [3.63, 3.8) is 0 Å². The van der Waals surface area contributed by atoms with Crippen LogP contribution in [0.2, 0.25) is 0 Å². The van der Waals surface area contributed by atoms with Crippen molar-refractivity contribution in [3.8, 4) is 5.75 Å². The van der Waals surface area contributed by atoms with Crippen molar-refractivity contribution in [1.29, 1.82) is 0 Å². The Kier molecular flexibility index (Phi) is 5.99. The van der Waals surface area contributed by atoms with Crippen molar-refractivity contribution in [2.24, 2.45) is 5.73 Å². The van der Waals surface area contributed by atoms with E-state index in [1.807, 2.05) is 25.1 Å². The third-order valence-electron chi connectivity index (χ3n) is 2.54. The number of phenols is 1. The standard InChI is InChI=1S/C14H23NO2S/c1-11(8-9-15)17-10-14(2,3)18-13-7-5-4-6-12(13)16/h4-7,11,16H,8-10,15H2,1-3H3. The lowest BCUT2D eigenvalue weighted by molar-refractivity contribution is 0.0513. The van der Waals surface area contributed by atoms with Crippen LogP contribution in [0.3, 0.4) is 0 Å². The number of rotatable bonds is 7. The number of para-hydroxylation sites is 1. The van der Waals surface area contributed by atoms with E-state index in [4.69, 9.17) is 10.5 Å². The molecule has 4 heteroatoms. The summed E-state index contributed by atoms with van der Waals surface area (Å²) < 4.78 is 5.70. The minimum atomic E-state index is -0.0817. The molecule has 0 bridgehead atoms. The molecule has 0 aliphatic rings. The predicted octanol–water partition coefficient (Wildman–Crippen LogP) is 3.02. The van der Waals surface area contributed by atoms with Crippen molar-refractivity contribution in [2.75, 3.05) is 13.2 Å². The quantitative estimate of drug-likeness (QED) is 0.747. The highest BCUT2D eigenvalue weighted by atomic mass is 32.2. The minimum absolute atomic E-state index is 0.0817. The number of hydrogen-bond acceptors (Lipinski definition) is 4. The lowest BCUT2D eigenvalue weighted by Gasteiger charge is -2.26. The average molecular weight is 269 g/mol. The molecule has 18 heavy (non-hydrogen) atoms. The van der Waals surface area contributed by atoms with Crippen molar-refractivity contribution in [2.45, 2.75) is 42.9 Å². The molecule has 0 heterocycles. The Morgan fingerprint density at radius 2 is 2.06 bits per heavy atom. The van der Waals surface area contributed by atoms with Gasteiger partial charge < -0.3 is 15.6 Å². The summed E-state index contributed by atoms with van der Waals surface area (Å²) in [6, 6.07) is 7.38. The molecular formula is C14H23NO2S. The molecule has 0 fully saturated rings. The monoisotopic (exact) mass is 269 g/mol. The molecule has 0 aromatic heterocycles. The second kappa shape index (κ2) is 7.02.